The first-order chi connectivity index (χ1) is 8.04. The molecule has 0 aromatic carbocycles. The van der Waals surface area contributed by atoms with Gasteiger partial charge in [-0.15, -0.1) is 0 Å². The lowest BCUT2D eigenvalue weighted by Crippen LogP contribution is -2.39. The minimum absolute atomic E-state index is 0.00333. The molecule has 2 N–H and O–H groups in total. The van der Waals surface area contributed by atoms with Crippen molar-refractivity contribution in [1.82, 2.24) is 10.2 Å². The van der Waals surface area contributed by atoms with Crippen molar-refractivity contribution in [2.75, 3.05) is 13.1 Å². The highest BCUT2D eigenvalue weighted by Crippen LogP contribution is 2.17. The Labute approximate surface area is 97.8 Å². The first-order valence-corrected chi connectivity index (χ1v) is 5.30. The topological polar surface area (TPSA) is 104 Å². The van der Waals surface area contributed by atoms with E-state index in [0.717, 1.165) is 6.42 Å². The highest BCUT2D eigenvalue weighted by atomic mass is 16.4. The largest absolute Gasteiger partial charge is 0.480 e. The van der Waals surface area contributed by atoms with Crippen LogP contribution in [0, 0.1) is 0 Å². The summed E-state index contributed by atoms with van der Waals surface area (Å²) in [5, 5.41) is 10.8. The maximum atomic E-state index is 11.2. The van der Waals surface area contributed by atoms with Crippen molar-refractivity contribution in [3.05, 3.63) is 0 Å². The van der Waals surface area contributed by atoms with Crippen molar-refractivity contribution >= 4 is 24.1 Å². The number of nitrogens with zero attached hydrogens (tertiary/aromatic N) is 1. The second-order valence-corrected chi connectivity index (χ2v) is 3.81. The lowest BCUT2D eigenvalue weighted by atomic mass is 10.2. The van der Waals surface area contributed by atoms with E-state index in [-0.39, 0.29) is 19.3 Å². The molecule has 1 aliphatic rings. The van der Waals surface area contributed by atoms with E-state index in [4.69, 9.17) is 5.11 Å². The molecular formula is C10H14N2O5. The predicted molar refractivity (Wildman–Crippen MR) is 56.1 cm³/mol. The van der Waals surface area contributed by atoms with Gasteiger partial charge in [-0.2, -0.15) is 0 Å². The molecule has 1 rings (SSSR count). The summed E-state index contributed by atoms with van der Waals surface area (Å²) in [5.41, 5.74) is 0. The van der Waals surface area contributed by atoms with Crippen LogP contribution in [0.1, 0.15) is 19.3 Å². The Bertz CT molecular complexity index is 342. The molecule has 7 nitrogen and oxygen atoms in total. The van der Waals surface area contributed by atoms with E-state index in [1.807, 2.05) is 5.32 Å². The molecule has 1 aliphatic heterocycles. The number of imide groups is 1. The van der Waals surface area contributed by atoms with Crippen molar-refractivity contribution in [1.29, 1.82) is 0 Å². The van der Waals surface area contributed by atoms with Crippen LogP contribution in [0.5, 0.6) is 0 Å². The van der Waals surface area contributed by atoms with Gasteiger partial charge in [0.25, 0.3) is 5.91 Å². The Kier molecular flexibility index (Phi) is 4.77. The molecule has 1 atom stereocenters. The fraction of sp³-hybridized carbons (Fsp3) is 0.600. The van der Waals surface area contributed by atoms with E-state index < -0.39 is 23.8 Å². The number of aliphatic carboxylic acids is 1. The lowest BCUT2D eigenvalue weighted by Gasteiger charge is -2.20. The standard InChI is InChI=1S/C10H14N2O5/c13-6-9(15)11-8(14)3-5-12-4-1-2-7(12)10(16)17/h6-7H,1-5H2,(H,16,17)(H,11,14,15). The van der Waals surface area contributed by atoms with Gasteiger partial charge in [0.1, 0.15) is 6.04 Å². The Morgan fingerprint density at radius 1 is 1.41 bits per heavy atom. The molecule has 0 spiro atoms. The normalized spacial score (nSPS) is 19.9. The average Bonchev–Trinajstić information content (AvgIpc) is 2.74. The molecular weight excluding hydrogens is 228 g/mol. The Hall–Kier alpha value is -1.76. The van der Waals surface area contributed by atoms with Gasteiger partial charge in [-0.3, -0.25) is 29.4 Å². The van der Waals surface area contributed by atoms with Crippen LogP contribution in [0.15, 0.2) is 0 Å². The van der Waals surface area contributed by atoms with E-state index >= 15 is 0 Å². The van der Waals surface area contributed by atoms with Crippen molar-refractivity contribution in [2.24, 2.45) is 0 Å². The summed E-state index contributed by atoms with van der Waals surface area (Å²) in [6, 6.07) is -0.551. The lowest BCUT2D eigenvalue weighted by molar-refractivity contribution is -0.142. The quantitative estimate of drug-likeness (QED) is 0.462. The molecule has 0 bridgehead atoms. The van der Waals surface area contributed by atoms with Gasteiger partial charge in [-0.25, -0.2) is 0 Å². The third-order valence-corrected chi connectivity index (χ3v) is 2.64. The molecule has 0 aromatic rings. The molecule has 1 fully saturated rings. The number of hydrogen-bond acceptors (Lipinski definition) is 5. The van der Waals surface area contributed by atoms with Gasteiger partial charge in [0, 0.05) is 13.0 Å². The summed E-state index contributed by atoms with van der Waals surface area (Å²) >= 11 is 0. The molecule has 0 aromatic heterocycles. The molecule has 1 heterocycles. The van der Waals surface area contributed by atoms with Gasteiger partial charge in [0.05, 0.1) is 0 Å². The van der Waals surface area contributed by atoms with Crippen LogP contribution in [0.2, 0.25) is 0 Å². The van der Waals surface area contributed by atoms with Crippen LogP contribution in [-0.4, -0.2) is 53.2 Å². The molecule has 7 heteroatoms. The van der Waals surface area contributed by atoms with Gasteiger partial charge in [-0.1, -0.05) is 0 Å². The van der Waals surface area contributed by atoms with Crippen molar-refractivity contribution in [3.8, 4) is 0 Å². The molecule has 0 saturated carbocycles. The second kappa shape index (κ2) is 6.09. The third kappa shape index (κ3) is 3.95. The van der Waals surface area contributed by atoms with Gasteiger partial charge in [0.15, 0.2) is 0 Å². The van der Waals surface area contributed by atoms with Gasteiger partial charge in [0.2, 0.25) is 12.2 Å². The summed E-state index contributed by atoms with van der Waals surface area (Å²) < 4.78 is 0. The van der Waals surface area contributed by atoms with Crippen LogP contribution < -0.4 is 5.32 Å². The zero-order chi connectivity index (χ0) is 12.8. The summed E-state index contributed by atoms with van der Waals surface area (Å²) in [7, 11) is 0. The maximum absolute atomic E-state index is 11.2. The zero-order valence-electron chi connectivity index (χ0n) is 9.22. The Morgan fingerprint density at radius 3 is 2.71 bits per heavy atom. The SMILES string of the molecule is O=CC(=O)NC(=O)CCN1CCCC1C(=O)O. The molecule has 1 saturated heterocycles. The minimum atomic E-state index is -0.980. The predicted octanol–water partition coefficient (Wildman–Crippen LogP) is -1.23. The number of carbonyl (C=O) groups excluding carboxylic acids is 3. The minimum Gasteiger partial charge on any atom is -0.480 e. The number of likely N-dealkylation sites (tertiary alicyclic amines) is 1. The highest BCUT2D eigenvalue weighted by molar-refractivity contribution is 6.27. The Balaban J connectivity index is 2.35. The van der Waals surface area contributed by atoms with E-state index in [0.29, 0.717) is 13.0 Å². The highest BCUT2D eigenvalue weighted by Gasteiger charge is 2.30. The van der Waals surface area contributed by atoms with E-state index in [1.54, 1.807) is 4.90 Å². The molecule has 94 valence electrons. The monoisotopic (exact) mass is 242 g/mol. The van der Waals surface area contributed by atoms with Crippen molar-refractivity contribution < 1.29 is 24.3 Å². The van der Waals surface area contributed by atoms with Gasteiger partial charge in [-0.05, 0) is 19.4 Å². The molecule has 17 heavy (non-hydrogen) atoms. The number of carbonyl (C=O) groups is 4. The number of carboxylic acid groups (broad SMARTS) is 1. The number of nitrogens with one attached hydrogen (secondary N) is 1. The van der Waals surface area contributed by atoms with Crippen LogP contribution >= 0.6 is 0 Å². The molecule has 1 unspecified atom stereocenters. The van der Waals surface area contributed by atoms with Crippen LogP contribution in [0.4, 0.5) is 0 Å². The molecule has 2 amide bonds. The number of amides is 2. The number of aldehydes is 1. The summed E-state index contributed by atoms with van der Waals surface area (Å²) in [6.45, 7) is 0.904. The number of hydrogen-bond donors (Lipinski definition) is 2. The second-order valence-electron chi connectivity index (χ2n) is 3.81. The van der Waals surface area contributed by atoms with Crippen LogP contribution in [0.25, 0.3) is 0 Å². The zero-order valence-corrected chi connectivity index (χ0v) is 9.22. The van der Waals surface area contributed by atoms with Crippen LogP contribution in [-0.2, 0) is 19.2 Å². The summed E-state index contributed by atoms with van der Waals surface area (Å²) in [5.74, 6) is -2.45. The first-order valence-electron chi connectivity index (χ1n) is 5.30. The fourth-order valence-electron chi connectivity index (χ4n) is 1.85. The smallest absolute Gasteiger partial charge is 0.320 e. The third-order valence-electron chi connectivity index (χ3n) is 2.64. The molecule has 0 radical (unpaired) electrons. The summed E-state index contributed by atoms with van der Waals surface area (Å²) in [6.07, 6.45) is 1.38. The Morgan fingerprint density at radius 2 is 2.12 bits per heavy atom. The van der Waals surface area contributed by atoms with Crippen LogP contribution in [0.3, 0.4) is 0 Å². The van der Waals surface area contributed by atoms with E-state index in [1.165, 1.54) is 0 Å². The van der Waals surface area contributed by atoms with Gasteiger partial charge < -0.3 is 5.11 Å². The average molecular weight is 242 g/mol. The van der Waals surface area contributed by atoms with Crippen molar-refractivity contribution in [3.63, 3.8) is 0 Å². The van der Waals surface area contributed by atoms with Crippen molar-refractivity contribution in [2.45, 2.75) is 25.3 Å². The van der Waals surface area contributed by atoms with Gasteiger partial charge >= 0.3 is 5.97 Å². The summed E-state index contributed by atoms with van der Waals surface area (Å²) in [4.78, 5) is 44.3. The first kappa shape index (κ1) is 13.3. The number of carboxylic acids is 1. The van der Waals surface area contributed by atoms with E-state index in [2.05, 4.69) is 0 Å². The number of rotatable bonds is 5. The van der Waals surface area contributed by atoms with E-state index in [9.17, 15) is 19.2 Å². The fourth-order valence-corrected chi connectivity index (χ4v) is 1.85. The molecule has 0 aliphatic carbocycles. The maximum Gasteiger partial charge on any atom is 0.320 e.